The molecule has 11 heteroatoms. The number of benzene rings is 1. The maximum absolute atomic E-state index is 13.4. The molecular weight excluding hydrogens is 509 g/mol. The van der Waals surface area contributed by atoms with E-state index in [1.54, 1.807) is 9.58 Å². The number of hydrogen-bond donors (Lipinski definition) is 0. The van der Waals surface area contributed by atoms with Gasteiger partial charge in [-0.1, -0.05) is 12.1 Å². The van der Waals surface area contributed by atoms with Crippen LogP contribution >= 0.6 is 0 Å². The summed E-state index contributed by atoms with van der Waals surface area (Å²) in [6.45, 7) is 7.06. The molecule has 0 N–H and O–H groups in total. The zero-order valence-electron chi connectivity index (χ0n) is 22.5. The van der Waals surface area contributed by atoms with Gasteiger partial charge in [0.2, 0.25) is 5.91 Å². The quantitative estimate of drug-likeness (QED) is 0.580. The SMILES string of the molecule is Cc1cccc(N2CCN(C(=O)Cn3nc(C(=O)N4CCN(CC(F)(F)F)CC4)c4c3C[C@H]3C[C@@H]43)CC2)c1C. The van der Waals surface area contributed by atoms with Gasteiger partial charge in [0.25, 0.3) is 5.91 Å². The van der Waals surface area contributed by atoms with Gasteiger partial charge in [-0.2, -0.15) is 18.3 Å². The van der Waals surface area contributed by atoms with Crippen LogP contribution < -0.4 is 4.90 Å². The van der Waals surface area contributed by atoms with Gasteiger partial charge in [-0.3, -0.25) is 19.2 Å². The lowest BCUT2D eigenvalue weighted by molar-refractivity contribution is -0.148. The predicted molar refractivity (Wildman–Crippen MR) is 140 cm³/mol. The average molecular weight is 545 g/mol. The summed E-state index contributed by atoms with van der Waals surface area (Å²) in [5.41, 5.74) is 6.08. The Morgan fingerprint density at radius 2 is 1.67 bits per heavy atom. The Bertz CT molecular complexity index is 1270. The first-order valence-corrected chi connectivity index (χ1v) is 13.9. The van der Waals surface area contributed by atoms with Crippen molar-refractivity contribution in [3.8, 4) is 0 Å². The van der Waals surface area contributed by atoms with Gasteiger partial charge >= 0.3 is 6.18 Å². The number of carbonyl (C=O) groups excluding carboxylic acids is 2. The Morgan fingerprint density at radius 3 is 2.36 bits per heavy atom. The molecule has 1 aromatic heterocycles. The number of alkyl halides is 3. The average Bonchev–Trinajstić information content (AvgIpc) is 3.43. The van der Waals surface area contributed by atoms with Gasteiger partial charge in [-0.15, -0.1) is 0 Å². The van der Waals surface area contributed by atoms with E-state index in [-0.39, 0.29) is 44.5 Å². The van der Waals surface area contributed by atoms with Gasteiger partial charge in [0.1, 0.15) is 6.54 Å². The molecule has 1 aromatic carbocycles. The second kappa shape index (κ2) is 9.83. The van der Waals surface area contributed by atoms with E-state index in [9.17, 15) is 22.8 Å². The summed E-state index contributed by atoms with van der Waals surface area (Å²) in [6.07, 6.45) is -2.38. The third kappa shape index (κ3) is 5.13. The van der Waals surface area contributed by atoms with E-state index >= 15 is 0 Å². The molecule has 210 valence electrons. The van der Waals surface area contributed by atoms with Crippen molar-refractivity contribution in [2.75, 3.05) is 63.8 Å². The smallest absolute Gasteiger partial charge is 0.368 e. The molecule has 8 nitrogen and oxygen atoms in total. The molecule has 4 aliphatic rings. The molecule has 0 bridgehead atoms. The van der Waals surface area contributed by atoms with Gasteiger partial charge < -0.3 is 14.7 Å². The maximum atomic E-state index is 13.4. The summed E-state index contributed by atoms with van der Waals surface area (Å²) in [7, 11) is 0. The molecular formula is C28H35F3N6O2. The van der Waals surface area contributed by atoms with E-state index in [1.165, 1.54) is 21.7 Å². The molecule has 0 spiro atoms. The van der Waals surface area contributed by atoms with E-state index in [1.807, 2.05) is 4.90 Å². The summed E-state index contributed by atoms with van der Waals surface area (Å²) in [4.78, 5) is 33.9. The molecule has 2 aromatic rings. The summed E-state index contributed by atoms with van der Waals surface area (Å²) < 4.78 is 40.0. The lowest BCUT2D eigenvalue weighted by Crippen LogP contribution is -2.51. The number of piperazine rings is 2. The Kier molecular flexibility index (Phi) is 6.60. The van der Waals surface area contributed by atoms with Crippen LogP contribution in [0, 0.1) is 19.8 Å². The van der Waals surface area contributed by atoms with Crippen LogP contribution in [0.5, 0.6) is 0 Å². The lowest BCUT2D eigenvalue weighted by atomic mass is 10.1. The van der Waals surface area contributed by atoms with E-state index in [0.29, 0.717) is 30.6 Å². The lowest BCUT2D eigenvalue weighted by Gasteiger charge is -2.37. The van der Waals surface area contributed by atoms with Gasteiger partial charge in [-0.05, 0) is 55.7 Å². The van der Waals surface area contributed by atoms with Crippen molar-refractivity contribution >= 4 is 17.5 Å². The number of nitrogens with zero attached hydrogens (tertiary/aromatic N) is 6. The largest absolute Gasteiger partial charge is 0.401 e. The van der Waals surface area contributed by atoms with Crippen molar-refractivity contribution in [3.05, 3.63) is 46.3 Å². The fourth-order valence-corrected chi connectivity index (χ4v) is 6.49. The van der Waals surface area contributed by atoms with E-state index in [2.05, 4.69) is 42.0 Å². The van der Waals surface area contributed by atoms with Crippen molar-refractivity contribution in [2.24, 2.45) is 5.92 Å². The maximum Gasteiger partial charge on any atom is 0.401 e. The summed E-state index contributed by atoms with van der Waals surface area (Å²) in [5.74, 6) is 0.603. The minimum Gasteiger partial charge on any atom is -0.368 e. The third-order valence-electron chi connectivity index (χ3n) is 8.95. The highest BCUT2D eigenvalue weighted by Crippen LogP contribution is 2.57. The highest BCUT2D eigenvalue weighted by atomic mass is 19.4. The standard InChI is InChI=1S/C28H35F3N6O2/c1-18-4-3-5-22(19(18)2)34-10-12-35(13-11-34)24(38)16-37-23-15-20-14-21(20)25(23)26(32-37)27(39)36-8-6-33(7-9-36)17-28(29,30)31/h3-5,20-21H,6-17H2,1-2H3/t20-,21-/m1/s1. The molecule has 3 heterocycles. The van der Waals surface area contributed by atoms with Crippen LogP contribution in [0.1, 0.15) is 45.2 Å². The molecule has 2 saturated heterocycles. The predicted octanol–water partition coefficient (Wildman–Crippen LogP) is 2.83. The second-order valence-corrected chi connectivity index (χ2v) is 11.4. The van der Waals surface area contributed by atoms with Gasteiger partial charge in [0, 0.05) is 69.3 Å². The van der Waals surface area contributed by atoms with Gasteiger partial charge in [-0.25, -0.2) is 0 Å². The molecule has 2 amide bonds. The van der Waals surface area contributed by atoms with Crippen LogP contribution in [0.2, 0.25) is 0 Å². The molecule has 3 fully saturated rings. The number of anilines is 1. The number of hydrogen-bond acceptors (Lipinski definition) is 5. The zero-order valence-corrected chi connectivity index (χ0v) is 22.5. The number of carbonyl (C=O) groups is 2. The number of aromatic nitrogens is 2. The van der Waals surface area contributed by atoms with Crippen molar-refractivity contribution in [2.45, 2.75) is 45.3 Å². The minimum absolute atomic E-state index is 0.00116. The Labute approximate surface area is 226 Å². The fourth-order valence-electron chi connectivity index (χ4n) is 6.49. The molecule has 2 atom stereocenters. The van der Waals surface area contributed by atoms with E-state index in [0.717, 1.165) is 37.2 Å². The van der Waals surface area contributed by atoms with Gasteiger partial charge in [0.05, 0.1) is 6.54 Å². The second-order valence-electron chi connectivity index (χ2n) is 11.4. The van der Waals surface area contributed by atoms with Crippen LogP contribution in [0.3, 0.4) is 0 Å². The highest BCUT2D eigenvalue weighted by molar-refractivity contribution is 5.95. The van der Waals surface area contributed by atoms with Crippen LogP contribution in [0.15, 0.2) is 18.2 Å². The Balaban J connectivity index is 1.11. The summed E-state index contributed by atoms with van der Waals surface area (Å²) in [6, 6.07) is 6.31. The van der Waals surface area contributed by atoms with Gasteiger partial charge in [0.15, 0.2) is 5.69 Å². The monoisotopic (exact) mass is 544 g/mol. The van der Waals surface area contributed by atoms with Crippen LogP contribution in [-0.4, -0.2) is 101 Å². The first-order valence-electron chi connectivity index (χ1n) is 13.9. The molecule has 2 aliphatic carbocycles. The molecule has 2 aliphatic heterocycles. The van der Waals surface area contributed by atoms with E-state index in [4.69, 9.17) is 0 Å². The highest BCUT2D eigenvalue weighted by Gasteiger charge is 2.50. The first-order chi connectivity index (χ1) is 18.6. The molecule has 0 radical (unpaired) electrons. The number of amides is 2. The van der Waals surface area contributed by atoms with Crippen LogP contribution in [0.25, 0.3) is 0 Å². The van der Waals surface area contributed by atoms with Crippen molar-refractivity contribution in [1.29, 1.82) is 0 Å². The summed E-state index contributed by atoms with van der Waals surface area (Å²) >= 11 is 0. The zero-order chi connectivity index (χ0) is 27.5. The minimum atomic E-state index is -4.24. The first kappa shape index (κ1) is 26.2. The normalized spacial score (nSPS) is 23.2. The van der Waals surface area contributed by atoms with Crippen LogP contribution in [0.4, 0.5) is 18.9 Å². The third-order valence-corrected chi connectivity index (χ3v) is 8.95. The van der Waals surface area contributed by atoms with Crippen molar-refractivity contribution in [1.82, 2.24) is 24.5 Å². The van der Waals surface area contributed by atoms with E-state index < -0.39 is 12.7 Å². The fraction of sp³-hybridized carbons (Fsp3) is 0.607. The Morgan fingerprint density at radius 1 is 0.974 bits per heavy atom. The molecule has 39 heavy (non-hydrogen) atoms. The number of fused-ring (bicyclic) bond motifs is 3. The summed E-state index contributed by atoms with van der Waals surface area (Å²) in [5, 5.41) is 4.66. The molecule has 0 unspecified atom stereocenters. The number of aryl methyl sites for hydroxylation is 1. The topological polar surface area (TPSA) is 64.9 Å². The molecule has 1 saturated carbocycles. The number of halogens is 3. The van der Waals surface area contributed by atoms with Crippen molar-refractivity contribution in [3.63, 3.8) is 0 Å². The van der Waals surface area contributed by atoms with Crippen LogP contribution in [-0.2, 0) is 17.8 Å². The Hall–Kier alpha value is -3.08. The van der Waals surface area contributed by atoms with Crippen molar-refractivity contribution < 1.29 is 22.8 Å². The number of rotatable bonds is 5. The molecule has 6 rings (SSSR count).